The molecule has 29 heavy (non-hydrogen) atoms. The quantitative estimate of drug-likeness (QED) is 0.688. The lowest BCUT2D eigenvalue weighted by Crippen LogP contribution is -2.39. The van der Waals surface area contributed by atoms with Gasteiger partial charge in [-0.2, -0.15) is 0 Å². The Kier molecular flexibility index (Phi) is 5.13. The summed E-state index contributed by atoms with van der Waals surface area (Å²) < 4.78 is 19.6. The highest BCUT2D eigenvalue weighted by atomic mass is 19.1. The van der Waals surface area contributed by atoms with Crippen LogP contribution in [0.5, 0.6) is 5.75 Å². The number of anilines is 1. The average Bonchev–Trinajstić information content (AvgIpc) is 2.75. The molecule has 1 aliphatic heterocycles. The molecular weight excluding hydrogens is 379 g/mol. The first-order valence-corrected chi connectivity index (χ1v) is 9.14. The first-order valence-electron chi connectivity index (χ1n) is 9.14. The molecule has 0 atom stereocenters. The largest absolute Gasteiger partial charge is 0.501 e. The van der Waals surface area contributed by atoms with Crippen molar-refractivity contribution in [3.05, 3.63) is 69.9 Å². The summed E-state index contributed by atoms with van der Waals surface area (Å²) in [5.41, 5.74) is -0.143. The van der Waals surface area contributed by atoms with Crippen LogP contribution in [0.3, 0.4) is 0 Å². The van der Waals surface area contributed by atoms with Gasteiger partial charge in [-0.1, -0.05) is 18.2 Å². The van der Waals surface area contributed by atoms with Crippen LogP contribution in [-0.2, 0) is 11.3 Å². The number of hydrogen-bond acceptors (Lipinski definition) is 6. The third-order valence-corrected chi connectivity index (χ3v) is 4.72. The fraction of sp³-hybridized carbons (Fsp3) is 0.250. The number of amides is 1. The fourth-order valence-corrected chi connectivity index (χ4v) is 3.22. The zero-order valence-electron chi connectivity index (χ0n) is 15.5. The highest BCUT2D eigenvalue weighted by Gasteiger charge is 2.22. The normalized spacial score (nSPS) is 14.2. The van der Waals surface area contributed by atoms with E-state index < -0.39 is 17.2 Å². The smallest absolute Gasteiger partial charge is 0.302 e. The monoisotopic (exact) mass is 398 g/mol. The standard InChI is InChI=1S/C20H19FN4O4/c21-14-6-4-13(5-7-14)12-22-19(27)17-18(26)20(28)25-15(23-17)2-1-3-16(25)24-8-10-29-11-9-24/h1-7,26H,8-12H2,(H,22,27). The van der Waals surface area contributed by atoms with Crippen molar-refractivity contribution >= 4 is 17.4 Å². The van der Waals surface area contributed by atoms with Crippen molar-refractivity contribution < 1.29 is 19.0 Å². The molecule has 1 aliphatic rings. The van der Waals surface area contributed by atoms with Gasteiger partial charge < -0.3 is 20.1 Å². The Morgan fingerprint density at radius 3 is 2.62 bits per heavy atom. The third-order valence-electron chi connectivity index (χ3n) is 4.72. The molecule has 3 heterocycles. The van der Waals surface area contributed by atoms with Gasteiger partial charge in [-0.3, -0.25) is 9.59 Å². The number of halogens is 1. The number of benzene rings is 1. The third kappa shape index (κ3) is 3.77. The first kappa shape index (κ1) is 18.9. The second-order valence-electron chi connectivity index (χ2n) is 6.60. The number of nitrogens with zero attached hydrogens (tertiary/aromatic N) is 3. The van der Waals surface area contributed by atoms with Crippen molar-refractivity contribution in [1.82, 2.24) is 14.7 Å². The van der Waals surface area contributed by atoms with Crippen molar-refractivity contribution in [3.8, 4) is 5.75 Å². The van der Waals surface area contributed by atoms with Crippen LogP contribution in [0.15, 0.2) is 47.3 Å². The van der Waals surface area contributed by atoms with Crippen LogP contribution in [0.25, 0.3) is 5.65 Å². The number of aromatic hydroxyl groups is 1. The molecule has 1 amide bonds. The first-order chi connectivity index (χ1) is 14.0. The summed E-state index contributed by atoms with van der Waals surface area (Å²) >= 11 is 0. The van der Waals surface area contributed by atoms with Gasteiger partial charge in [0.2, 0.25) is 5.75 Å². The average molecular weight is 398 g/mol. The summed E-state index contributed by atoms with van der Waals surface area (Å²) in [6.45, 7) is 2.38. The van der Waals surface area contributed by atoms with E-state index >= 15 is 0 Å². The van der Waals surface area contributed by atoms with Gasteiger partial charge in [0.1, 0.15) is 17.3 Å². The van der Waals surface area contributed by atoms with Crippen LogP contribution in [-0.4, -0.2) is 46.7 Å². The molecule has 1 fully saturated rings. The summed E-state index contributed by atoms with van der Waals surface area (Å²) in [5, 5.41) is 13.0. The maximum absolute atomic E-state index is 13.0. The van der Waals surface area contributed by atoms with E-state index in [1.54, 1.807) is 18.2 Å². The Balaban J connectivity index is 1.65. The summed E-state index contributed by atoms with van der Waals surface area (Å²) in [6.07, 6.45) is 0. The second kappa shape index (κ2) is 7.88. The van der Waals surface area contributed by atoms with Gasteiger partial charge in [-0.15, -0.1) is 0 Å². The number of pyridine rings is 1. The molecule has 0 radical (unpaired) electrons. The number of nitrogens with one attached hydrogen (secondary N) is 1. The van der Waals surface area contributed by atoms with E-state index in [9.17, 15) is 19.1 Å². The van der Waals surface area contributed by atoms with Gasteiger partial charge in [-0.05, 0) is 29.8 Å². The van der Waals surface area contributed by atoms with Gasteiger partial charge in [0, 0.05) is 19.6 Å². The molecule has 150 valence electrons. The molecule has 2 N–H and O–H groups in total. The predicted molar refractivity (Wildman–Crippen MR) is 104 cm³/mol. The van der Waals surface area contributed by atoms with E-state index in [-0.39, 0.29) is 23.7 Å². The summed E-state index contributed by atoms with van der Waals surface area (Å²) in [7, 11) is 0. The Morgan fingerprint density at radius 1 is 1.17 bits per heavy atom. The highest BCUT2D eigenvalue weighted by Crippen LogP contribution is 2.19. The minimum absolute atomic E-state index is 0.105. The molecule has 0 spiro atoms. The number of aromatic nitrogens is 2. The number of fused-ring (bicyclic) bond motifs is 1. The summed E-state index contributed by atoms with van der Waals surface area (Å²) in [6, 6.07) is 10.7. The topological polar surface area (TPSA) is 96.2 Å². The molecular formula is C20H19FN4O4. The van der Waals surface area contributed by atoms with Crippen molar-refractivity contribution in [2.24, 2.45) is 0 Å². The molecule has 9 heteroatoms. The van der Waals surface area contributed by atoms with E-state index in [0.717, 1.165) is 0 Å². The molecule has 3 aromatic rings. The van der Waals surface area contributed by atoms with E-state index in [2.05, 4.69) is 10.3 Å². The predicted octanol–water partition coefficient (Wildman–Crippen LogP) is 1.31. The van der Waals surface area contributed by atoms with Gasteiger partial charge in [-0.25, -0.2) is 13.8 Å². The highest BCUT2D eigenvalue weighted by molar-refractivity contribution is 5.95. The lowest BCUT2D eigenvalue weighted by atomic mass is 10.2. The van der Waals surface area contributed by atoms with E-state index in [0.29, 0.717) is 37.7 Å². The van der Waals surface area contributed by atoms with Crippen LogP contribution in [0.4, 0.5) is 10.2 Å². The van der Waals surface area contributed by atoms with Gasteiger partial charge in [0.25, 0.3) is 5.91 Å². The van der Waals surface area contributed by atoms with Gasteiger partial charge >= 0.3 is 5.56 Å². The van der Waals surface area contributed by atoms with Crippen molar-refractivity contribution in [1.29, 1.82) is 0 Å². The molecule has 0 aliphatic carbocycles. The minimum atomic E-state index is -0.722. The van der Waals surface area contributed by atoms with E-state index in [1.165, 1.54) is 28.7 Å². The summed E-state index contributed by atoms with van der Waals surface area (Å²) in [5.74, 6) is -1.21. The van der Waals surface area contributed by atoms with Crippen molar-refractivity contribution in [3.63, 3.8) is 0 Å². The molecule has 4 rings (SSSR count). The maximum atomic E-state index is 13.0. The van der Waals surface area contributed by atoms with Gasteiger partial charge in [0.05, 0.1) is 13.2 Å². The zero-order chi connectivity index (χ0) is 20.4. The second-order valence-corrected chi connectivity index (χ2v) is 6.60. The molecule has 0 saturated carbocycles. The molecule has 1 aromatic carbocycles. The zero-order valence-corrected chi connectivity index (χ0v) is 15.5. The number of rotatable bonds is 4. The molecule has 2 aromatic heterocycles. The van der Waals surface area contributed by atoms with Crippen molar-refractivity contribution in [2.75, 3.05) is 31.2 Å². The SMILES string of the molecule is O=C(NCc1ccc(F)cc1)c1nc2cccc(N3CCOCC3)n2c(=O)c1O. The van der Waals surface area contributed by atoms with Crippen LogP contribution in [0.1, 0.15) is 16.1 Å². The lowest BCUT2D eigenvalue weighted by molar-refractivity contribution is 0.0942. The van der Waals surface area contributed by atoms with Crippen LogP contribution >= 0.6 is 0 Å². The summed E-state index contributed by atoms with van der Waals surface area (Å²) in [4.78, 5) is 31.5. The molecule has 8 nitrogen and oxygen atoms in total. The number of carbonyl (C=O) groups is 1. The number of morpholine rings is 1. The Labute approximate surface area is 165 Å². The number of hydrogen-bond donors (Lipinski definition) is 2. The Bertz CT molecular complexity index is 1110. The van der Waals surface area contributed by atoms with Crippen molar-refractivity contribution in [2.45, 2.75) is 6.54 Å². The number of carbonyl (C=O) groups excluding carboxylic acids is 1. The Morgan fingerprint density at radius 2 is 1.90 bits per heavy atom. The minimum Gasteiger partial charge on any atom is -0.501 e. The van der Waals surface area contributed by atoms with E-state index in [1.807, 2.05) is 4.90 Å². The molecule has 0 unspecified atom stereocenters. The fourth-order valence-electron chi connectivity index (χ4n) is 3.22. The molecule has 1 saturated heterocycles. The van der Waals surface area contributed by atoms with Crippen LogP contribution in [0, 0.1) is 5.82 Å². The maximum Gasteiger partial charge on any atom is 0.302 e. The van der Waals surface area contributed by atoms with Gasteiger partial charge in [0.15, 0.2) is 5.69 Å². The van der Waals surface area contributed by atoms with Crippen LogP contribution in [0.2, 0.25) is 0 Å². The van der Waals surface area contributed by atoms with E-state index in [4.69, 9.17) is 4.74 Å². The number of ether oxygens (including phenoxy) is 1. The molecule has 0 bridgehead atoms. The lowest BCUT2D eigenvalue weighted by Gasteiger charge is -2.29. The van der Waals surface area contributed by atoms with Crippen LogP contribution < -0.4 is 15.8 Å². The Hall–Kier alpha value is -3.46.